The van der Waals surface area contributed by atoms with Gasteiger partial charge in [-0.1, -0.05) is 37.3 Å². The number of imidazole rings is 1. The molecule has 2 aromatic carbocycles. The summed E-state index contributed by atoms with van der Waals surface area (Å²) in [5.41, 5.74) is 9.93. The van der Waals surface area contributed by atoms with E-state index in [1.165, 1.54) is 12.0 Å². The van der Waals surface area contributed by atoms with Crippen molar-refractivity contribution in [2.75, 3.05) is 13.1 Å². The zero-order chi connectivity index (χ0) is 26.3. The van der Waals surface area contributed by atoms with E-state index in [-0.39, 0.29) is 24.1 Å². The van der Waals surface area contributed by atoms with Crippen molar-refractivity contribution < 1.29 is 14.7 Å². The molecule has 36 heavy (non-hydrogen) atoms. The van der Waals surface area contributed by atoms with E-state index in [2.05, 4.69) is 39.2 Å². The molecule has 2 amide bonds. The Bertz CT molecular complexity index is 1050. The Balaban J connectivity index is 0.000000482. The first-order chi connectivity index (χ1) is 17.3. The molecule has 8 nitrogen and oxygen atoms in total. The van der Waals surface area contributed by atoms with Crippen LogP contribution in [0.15, 0.2) is 61.2 Å². The Morgan fingerprint density at radius 1 is 1.11 bits per heavy atom. The van der Waals surface area contributed by atoms with Crippen LogP contribution in [0.2, 0.25) is 0 Å². The summed E-state index contributed by atoms with van der Waals surface area (Å²) < 4.78 is 2.07. The smallest absolute Gasteiger partial charge is 0.239 e. The molecule has 1 heterocycles. The van der Waals surface area contributed by atoms with Crippen molar-refractivity contribution in [1.82, 2.24) is 20.2 Å². The van der Waals surface area contributed by atoms with E-state index in [9.17, 15) is 14.7 Å². The van der Waals surface area contributed by atoms with Crippen molar-refractivity contribution in [3.8, 4) is 5.75 Å². The van der Waals surface area contributed by atoms with E-state index in [1.54, 1.807) is 18.3 Å². The number of hydrogen-bond donors (Lipinski definition) is 4. The zero-order valence-corrected chi connectivity index (χ0v) is 21.5. The number of phenols is 1. The highest BCUT2D eigenvalue weighted by molar-refractivity contribution is 5.87. The lowest BCUT2D eigenvalue weighted by Crippen LogP contribution is -2.46. The molecular weight excluding hydrogens is 454 g/mol. The summed E-state index contributed by atoms with van der Waals surface area (Å²) >= 11 is 0. The number of nitrogens with two attached hydrogens (primary N) is 1. The first-order valence-electron chi connectivity index (χ1n) is 12.4. The molecular formula is C28H39N5O3. The number of carbonyl (C=O) groups excluding carboxylic acids is 2. The second kappa shape index (κ2) is 15.4. The van der Waals surface area contributed by atoms with Crippen LogP contribution in [0.5, 0.6) is 5.75 Å². The van der Waals surface area contributed by atoms with Gasteiger partial charge in [-0.15, -0.1) is 0 Å². The molecule has 0 fully saturated rings. The molecule has 0 saturated heterocycles. The molecule has 0 aliphatic rings. The second-order valence-corrected chi connectivity index (χ2v) is 8.83. The summed E-state index contributed by atoms with van der Waals surface area (Å²) in [6, 6.07) is 12.6. The van der Waals surface area contributed by atoms with Gasteiger partial charge in [0, 0.05) is 25.5 Å². The van der Waals surface area contributed by atoms with Gasteiger partial charge in [0.15, 0.2) is 0 Å². The highest BCUT2D eigenvalue weighted by Crippen LogP contribution is 2.21. The van der Waals surface area contributed by atoms with Gasteiger partial charge in [-0.05, 0) is 73.9 Å². The molecule has 3 aromatic rings. The number of aromatic hydroxyl groups is 1. The maximum atomic E-state index is 12.2. The fourth-order valence-corrected chi connectivity index (χ4v) is 3.81. The van der Waals surface area contributed by atoms with Crippen molar-refractivity contribution >= 4 is 11.8 Å². The monoisotopic (exact) mass is 493 g/mol. The van der Waals surface area contributed by atoms with Crippen LogP contribution in [0.3, 0.4) is 0 Å². The average molecular weight is 494 g/mol. The highest BCUT2D eigenvalue weighted by atomic mass is 16.3. The number of carbonyl (C=O) groups is 2. The lowest BCUT2D eigenvalue weighted by molar-refractivity contribution is -0.126. The lowest BCUT2D eigenvalue weighted by atomic mass is 9.96. The van der Waals surface area contributed by atoms with Crippen LogP contribution in [0.4, 0.5) is 0 Å². The van der Waals surface area contributed by atoms with Gasteiger partial charge in [-0.2, -0.15) is 0 Å². The number of nitrogens with one attached hydrogen (secondary N) is 2. The molecule has 5 N–H and O–H groups in total. The minimum absolute atomic E-state index is 0.0919. The average Bonchev–Trinajstić information content (AvgIpc) is 3.37. The van der Waals surface area contributed by atoms with Crippen LogP contribution in [0.1, 0.15) is 42.0 Å². The van der Waals surface area contributed by atoms with E-state index >= 15 is 0 Å². The van der Waals surface area contributed by atoms with E-state index in [0.717, 1.165) is 36.1 Å². The maximum absolute atomic E-state index is 12.2. The van der Waals surface area contributed by atoms with Gasteiger partial charge in [0.25, 0.3) is 0 Å². The van der Waals surface area contributed by atoms with Crippen LogP contribution in [0.25, 0.3) is 0 Å². The number of benzene rings is 2. The summed E-state index contributed by atoms with van der Waals surface area (Å²) in [4.78, 5) is 28.0. The van der Waals surface area contributed by atoms with Crippen LogP contribution < -0.4 is 16.4 Å². The third-order valence-electron chi connectivity index (χ3n) is 5.71. The van der Waals surface area contributed by atoms with E-state index in [0.29, 0.717) is 13.0 Å². The van der Waals surface area contributed by atoms with Gasteiger partial charge in [-0.25, -0.2) is 4.98 Å². The van der Waals surface area contributed by atoms with Gasteiger partial charge in [0.1, 0.15) is 5.75 Å². The molecule has 0 radical (unpaired) electrons. The Labute approximate surface area is 213 Å². The van der Waals surface area contributed by atoms with Gasteiger partial charge >= 0.3 is 0 Å². The molecule has 0 aliphatic carbocycles. The Morgan fingerprint density at radius 2 is 1.81 bits per heavy atom. The van der Waals surface area contributed by atoms with Crippen LogP contribution in [-0.2, 0) is 29.0 Å². The molecule has 194 valence electrons. The van der Waals surface area contributed by atoms with Crippen LogP contribution in [0, 0.1) is 13.8 Å². The number of aryl methyl sites for hydroxylation is 4. The third kappa shape index (κ3) is 10.3. The number of phenolic OH excluding ortho intramolecular Hbond substituents is 1. The number of nitrogens with zero attached hydrogens (tertiary/aromatic N) is 2. The molecule has 3 rings (SSSR count). The van der Waals surface area contributed by atoms with Crippen molar-refractivity contribution in [3.05, 3.63) is 83.4 Å². The van der Waals surface area contributed by atoms with E-state index in [1.807, 2.05) is 44.6 Å². The number of aromatic nitrogens is 2. The quantitative estimate of drug-likeness (QED) is 0.306. The first-order valence-corrected chi connectivity index (χ1v) is 12.4. The second-order valence-electron chi connectivity index (χ2n) is 8.83. The topological polar surface area (TPSA) is 122 Å². The minimum atomic E-state index is -0.757. The molecule has 0 saturated carbocycles. The molecule has 1 unspecified atom stereocenters. The molecule has 0 spiro atoms. The fourth-order valence-electron chi connectivity index (χ4n) is 3.81. The van der Waals surface area contributed by atoms with Crippen molar-refractivity contribution in [2.24, 2.45) is 5.73 Å². The van der Waals surface area contributed by atoms with Gasteiger partial charge in [0.2, 0.25) is 11.8 Å². The predicted molar refractivity (Wildman–Crippen MR) is 143 cm³/mol. The first kappa shape index (κ1) is 28.6. The van der Waals surface area contributed by atoms with Crippen LogP contribution in [-0.4, -0.2) is 45.6 Å². The normalized spacial score (nSPS) is 11.2. The van der Waals surface area contributed by atoms with Crippen molar-refractivity contribution in [3.63, 3.8) is 0 Å². The van der Waals surface area contributed by atoms with Crippen LogP contribution >= 0.6 is 0 Å². The van der Waals surface area contributed by atoms with Gasteiger partial charge in [-0.3, -0.25) is 9.59 Å². The third-order valence-corrected chi connectivity index (χ3v) is 5.71. The SMILES string of the molecule is CCCn1ccnc1.Cc1cc(O)cc(C)c1CC(N)C(=O)NCC(=O)NCCCc1ccccc1. The highest BCUT2D eigenvalue weighted by Gasteiger charge is 2.17. The molecule has 1 atom stereocenters. The summed E-state index contributed by atoms with van der Waals surface area (Å²) in [6.07, 6.45) is 8.87. The summed E-state index contributed by atoms with van der Waals surface area (Å²) in [5.74, 6) is -0.405. The van der Waals surface area contributed by atoms with E-state index in [4.69, 9.17) is 5.73 Å². The maximum Gasteiger partial charge on any atom is 0.239 e. The lowest BCUT2D eigenvalue weighted by Gasteiger charge is -2.16. The predicted octanol–water partition coefficient (Wildman–Crippen LogP) is 3.04. The van der Waals surface area contributed by atoms with Gasteiger partial charge < -0.3 is 26.0 Å². The number of amides is 2. The fraction of sp³-hybridized carbons (Fsp3) is 0.393. The minimum Gasteiger partial charge on any atom is -0.508 e. The van der Waals surface area contributed by atoms with Crippen molar-refractivity contribution in [2.45, 2.75) is 59.0 Å². The largest absolute Gasteiger partial charge is 0.508 e. The Hall–Kier alpha value is -3.65. The van der Waals surface area contributed by atoms with E-state index < -0.39 is 6.04 Å². The number of rotatable bonds is 11. The Morgan fingerprint density at radius 3 is 2.42 bits per heavy atom. The number of hydrogen-bond acceptors (Lipinski definition) is 5. The summed E-state index contributed by atoms with van der Waals surface area (Å²) in [5, 5.41) is 15.0. The van der Waals surface area contributed by atoms with Gasteiger partial charge in [0.05, 0.1) is 18.9 Å². The molecule has 1 aromatic heterocycles. The standard InChI is InChI=1S/C22H29N3O3.C6H10N2/c1-15-11-18(26)12-16(2)19(15)13-20(23)22(28)25-14-21(27)24-10-6-9-17-7-4-3-5-8-17;1-2-4-8-5-3-7-6-8/h3-5,7-8,11-12,20,26H,6,9-10,13-14,23H2,1-2H3,(H,24,27)(H,25,28);3,5-6H,2,4H2,1H3. The molecule has 0 bridgehead atoms. The Kier molecular flexibility index (Phi) is 12.2. The summed E-state index contributed by atoms with van der Waals surface area (Å²) in [6.45, 7) is 7.44. The molecule has 0 aliphatic heterocycles. The van der Waals surface area contributed by atoms with Crippen molar-refractivity contribution in [1.29, 1.82) is 0 Å². The molecule has 8 heteroatoms. The summed E-state index contributed by atoms with van der Waals surface area (Å²) in [7, 11) is 0. The zero-order valence-electron chi connectivity index (χ0n) is 21.5.